The van der Waals surface area contributed by atoms with E-state index in [2.05, 4.69) is 17.4 Å². The molecule has 20 heavy (non-hydrogen) atoms. The number of hydrogen-bond acceptors (Lipinski definition) is 2. The Morgan fingerprint density at radius 1 is 1.05 bits per heavy atom. The van der Waals surface area contributed by atoms with E-state index in [4.69, 9.17) is 4.74 Å². The first-order valence-electron chi connectivity index (χ1n) is 6.99. The van der Waals surface area contributed by atoms with Gasteiger partial charge in [0.05, 0.1) is 0 Å². The van der Waals surface area contributed by atoms with Gasteiger partial charge >= 0.3 is 0 Å². The molecule has 104 valence electrons. The van der Waals surface area contributed by atoms with Crippen LogP contribution in [0.1, 0.15) is 24.0 Å². The summed E-state index contributed by atoms with van der Waals surface area (Å²) in [4.78, 5) is 0. The second-order valence-corrected chi connectivity index (χ2v) is 5.22. The molecule has 1 saturated carbocycles. The second kappa shape index (κ2) is 6.06. The summed E-state index contributed by atoms with van der Waals surface area (Å²) in [6.45, 7) is 1.41. The molecule has 1 fully saturated rings. The summed E-state index contributed by atoms with van der Waals surface area (Å²) in [5.74, 6) is 0.443. The summed E-state index contributed by atoms with van der Waals surface area (Å²) in [5, 5.41) is 3.50. The van der Waals surface area contributed by atoms with Gasteiger partial charge in [-0.1, -0.05) is 24.3 Å². The van der Waals surface area contributed by atoms with E-state index in [9.17, 15) is 4.39 Å². The van der Waals surface area contributed by atoms with Crippen LogP contribution < -0.4 is 10.1 Å². The summed E-state index contributed by atoms with van der Waals surface area (Å²) in [5.41, 5.74) is 2.40. The zero-order valence-corrected chi connectivity index (χ0v) is 11.3. The van der Waals surface area contributed by atoms with Crippen LogP contribution >= 0.6 is 0 Å². The molecule has 0 spiro atoms. The second-order valence-electron chi connectivity index (χ2n) is 5.22. The van der Waals surface area contributed by atoms with Gasteiger partial charge in [-0.15, -0.1) is 0 Å². The van der Waals surface area contributed by atoms with Gasteiger partial charge in [-0.25, -0.2) is 4.39 Å². The van der Waals surface area contributed by atoms with Gasteiger partial charge in [0.2, 0.25) is 0 Å². The molecule has 0 amide bonds. The van der Waals surface area contributed by atoms with Crippen molar-refractivity contribution >= 4 is 0 Å². The average molecular weight is 271 g/mol. The highest BCUT2D eigenvalue weighted by Gasteiger charge is 2.19. The minimum Gasteiger partial charge on any atom is -0.489 e. The fraction of sp³-hybridized carbons (Fsp3) is 0.294. The van der Waals surface area contributed by atoms with Crippen LogP contribution in [0.3, 0.4) is 0 Å². The van der Waals surface area contributed by atoms with E-state index in [1.807, 2.05) is 12.1 Å². The van der Waals surface area contributed by atoms with Crippen LogP contribution in [-0.4, -0.2) is 6.04 Å². The lowest BCUT2D eigenvalue weighted by molar-refractivity contribution is 0.305. The van der Waals surface area contributed by atoms with Crippen LogP contribution in [0.4, 0.5) is 4.39 Å². The van der Waals surface area contributed by atoms with Gasteiger partial charge in [-0.3, -0.25) is 0 Å². The Morgan fingerprint density at radius 2 is 1.80 bits per heavy atom. The Balaban J connectivity index is 1.56. The summed E-state index contributed by atoms with van der Waals surface area (Å²) in [7, 11) is 0. The summed E-state index contributed by atoms with van der Waals surface area (Å²) < 4.78 is 18.4. The molecule has 0 atom stereocenters. The lowest BCUT2D eigenvalue weighted by Gasteiger charge is -2.08. The smallest absolute Gasteiger partial charge is 0.123 e. The zero-order chi connectivity index (χ0) is 13.8. The molecule has 2 aromatic carbocycles. The van der Waals surface area contributed by atoms with Gasteiger partial charge in [-0.05, 0) is 48.2 Å². The number of hydrogen-bond donors (Lipinski definition) is 1. The molecule has 1 aliphatic rings. The highest BCUT2D eigenvalue weighted by Crippen LogP contribution is 2.19. The predicted octanol–water partition coefficient (Wildman–Crippen LogP) is 3.66. The van der Waals surface area contributed by atoms with E-state index in [0.29, 0.717) is 18.4 Å². The number of rotatable bonds is 6. The van der Waals surface area contributed by atoms with Crippen LogP contribution in [0.5, 0.6) is 5.75 Å². The van der Waals surface area contributed by atoms with E-state index in [1.165, 1.54) is 30.5 Å². The maximum absolute atomic E-state index is 12.8. The fourth-order valence-electron chi connectivity index (χ4n) is 2.08. The lowest BCUT2D eigenvalue weighted by Crippen LogP contribution is -2.15. The minimum absolute atomic E-state index is 0.245. The number of nitrogens with one attached hydrogen (secondary N) is 1. The van der Waals surface area contributed by atoms with E-state index >= 15 is 0 Å². The molecule has 0 bridgehead atoms. The monoisotopic (exact) mass is 271 g/mol. The van der Waals surface area contributed by atoms with E-state index in [1.54, 1.807) is 12.1 Å². The van der Waals surface area contributed by atoms with Gasteiger partial charge in [-0.2, -0.15) is 0 Å². The summed E-state index contributed by atoms with van der Waals surface area (Å²) in [6.07, 6.45) is 2.60. The summed E-state index contributed by atoms with van der Waals surface area (Å²) >= 11 is 0. The van der Waals surface area contributed by atoms with Crippen molar-refractivity contribution in [3.05, 3.63) is 65.5 Å². The molecule has 0 radical (unpaired) electrons. The zero-order valence-electron chi connectivity index (χ0n) is 11.3. The normalized spacial score (nSPS) is 14.2. The third-order valence-electron chi connectivity index (χ3n) is 3.38. The van der Waals surface area contributed by atoms with Crippen molar-refractivity contribution in [2.75, 3.05) is 0 Å². The van der Waals surface area contributed by atoms with E-state index < -0.39 is 0 Å². The average Bonchev–Trinajstić information content (AvgIpc) is 3.29. The van der Waals surface area contributed by atoms with Crippen LogP contribution in [0.2, 0.25) is 0 Å². The first kappa shape index (κ1) is 13.1. The SMILES string of the molecule is Fc1ccc(OCc2cccc(CNC3CC3)c2)cc1. The van der Waals surface area contributed by atoms with Crippen molar-refractivity contribution in [2.24, 2.45) is 0 Å². The van der Waals surface area contributed by atoms with Crippen LogP contribution in [0.25, 0.3) is 0 Å². The largest absolute Gasteiger partial charge is 0.489 e. The molecule has 0 aromatic heterocycles. The minimum atomic E-state index is -0.245. The van der Waals surface area contributed by atoms with Crippen molar-refractivity contribution in [1.29, 1.82) is 0 Å². The molecule has 3 heteroatoms. The molecule has 0 saturated heterocycles. The maximum Gasteiger partial charge on any atom is 0.123 e. The molecule has 3 rings (SSSR count). The Hall–Kier alpha value is -1.87. The number of benzene rings is 2. The van der Waals surface area contributed by atoms with Crippen LogP contribution in [0.15, 0.2) is 48.5 Å². The third-order valence-corrected chi connectivity index (χ3v) is 3.38. The van der Waals surface area contributed by atoms with Gasteiger partial charge in [0, 0.05) is 12.6 Å². The first-order valence-corrected chi connectivity index (χ1v) is 6.99. The fourth-order valence-corrected chi connectivity index (χ4v) is 2.08. The highest BCUT2D eigenvalue weighted by atomic mass is 19.1. The van der Waals surface area contributed by atoms with Crippen molar-refractivity contribution < 1.29 is 9.13 Å². The van der Waals surface area contributed by atoms with Gasteiger partial charge < -0.3 is 10.1 Å². The van der Waals surface area contributed by atoms with E-state index in [0.717, 1.165) is 12.1 Å². The highest BCUT2D eigenvalue weighted by molar-refractivity contribution is 5.25. The van der Waals surface area contributed by atoms with Crippen molar-refractivity contribution in [3.63, 3.8) is 0 Å². The third kappa shape index (κ3) is 3.81. The first-order chi connectivity index (χ1) is 9.79. The Bertz CT molecular complexity index is 563. The molecule has 1 aliphatic carbocycles. The topological polar surface area (TPSA) is 21.3 Å². The van der Waals surface area contributed by atoms with Crippen molar-refractivity contribution in [3.8, 4) is 5.75 Å². The van der Waals surface area contributed by atoms with Gasteiger partial charge in [0.25, 0.3) is 0 Å². The standard InChI is InChI=1S/C17H18FNO/c18-15-4-8-17(9-5-15)20-12-14-3-1-2-13(10-14)11-19-16-6-7-16/h1-5,8-10,16,19H,6-7,11-12H2. The molecule has 1 N–H and O–H groups in total. The quantitative estimate of drug-likeness (QED) is 0.865. The molecule has 2 aromatic rings. The van der Waals surface area contributed by atoms with Crippen LogP contribution in [-0.2, 0) is 13.2 Å². The van der Waals surface area contributed by atoms with Crippen molar-refractivity contribution in [2.45, 2.75) is 32.0 Å². The molecule has 2 nitrogen and oxygen atoms in total. The summed E-state index contributed by atoms with van der Waals surface area (Å²) in [6, 6.07) is 15.2. The Labute approximate surface area is 118 Å². The molecule has 0 heterocycles. The maximum atomic E-state index is 12.8. The number of halogens is 1. The lowest BCUT2D eigenvalue weighted by atomic mass is 10.1. The molecule has 0 unspecified atom stereocenters. The van der Waals surface area contributed by atoms with Gasteiger partial charge in [0.1, 0.15) is 18.2 Å². The molecular weight excluding hydrogens is 253 g/mol. The molecular formula is C17H18FNO. The Morgan fingerprint density at radius 3 is 2.55 bits per heavy atom. The predicted molar refractivity (Wildman–Crippen MR) is 77.0 cm³/mol. The Kier molecular flexibility index (Phi) is 3.97. The van der Waals surface area contributed by atoms with Crippen molar-refractivity contribution in [1.82, 2.24) is 5.32 Å². The van der Waals surface area contributed by atoms with E-state index in [-0.39, 0.29) is 5.82 Å². The van der Waals surface area contributed by atoms with Crippen LogP contribution in [0, 0.1) is 5.82 Å². The van der Waals surface area contributed by atoms with Gasteiger partial charge in [0.15, 0.2) is 0 Å². The number of ether oxygens (including phenoxy) is 1. The molecule has 0 aliphatic heterocycles.